The summed E-state index contributed by atoms with van der Waals surface area (Å²) in [6, 6.07) is 8.54. The highest BCUT2D eigenvalue weighted by Gasteiger charge is 2.15. The number of aromatic nitrogens is 2. The second-order valence-corrected chi connectivity index (χ2v) is 7.72. The summed E-state index contributed by atoms with van der Waals surface area (Å²) in [5.41, 5.74) is 2.42. The highest BCUT2D eigenvalue weighted by Crippen LogP contribution is 2.11. The number of guanidine groups is 1. The standard InChI is InChI=1S/C23H34N6O.HI/c1-2-25-23(26-12-6-15-29-14-5-3-4-7-22(29)30)27-17-20-8-10-21(11-9-20)18-28-16-13-24-19-28;/h8-11,13,16,19H,2-7,12,14-15,17-18H2,1H3,(H2,25,26,27);1H. The number of carbonyl (C=O) groups excluding carboxylic acids is 1. The molecule has 2 aromatic rings. The molecule has 0 saturated carbocycles. The first-order valence-corrected chi connectivity index (χ1v) is 11.1. The van der Waals surface area contributed by atoms with Crippen molar-refractivity contribution in [1.82, 2.24) is 25.1 Å². The fourth-order valence-electron chi connectivity index (χ4n) is 3.60. The van der Waals surface area contributed by atoms with Crippen LogP contribution in [0.2, 0.25) is 0 Å². The predicted molar refractivity (Wildman–Crippen MR) is 136 cm³/mol. The maximum atomic E-state index is 12.1. The molecule has 3 rings (SSSR count). The minimum Gasteiger partial charge on any atom is -0.357 e. The molecule has 0 aliphatic carbocycles. The van der Waals surface area contributed by atoms with Gasteiger partial charge < -0.3 is 20.1 Å². The number of benzene rings is 1. The van der Waals surface area contributed by atoms with E-state index in [1.165, 1.54) is 17.5 Å². The van der Waals surface area contributed by atoms with E-state index in [4.69, 9.17) is 4.99 Å². The maximum Gasteiger partial charge on any atom is 0.222 e. The lowest BCUT2D eigenvalue weighted by atomic mass is 10.1. The molecule has 8 heteroatoms. The van der Waals surface area contributed by atoms with Crippen LogP contribution in [0.3, 0.4) is 0 Å². The largest absolute Gasteiger partial charge is 0.357 e. The van der Waals surface area contributed by atoms with Crippen molar-refractivity contribution in [1.29, 1.82) is 0 Å². The lowest BCUT2D eigenvalue weighted by Gasteiger charge is -2.20. The summed E-state index contributed by atoms with van der Waals surface area (Å²) in [6.45, 7) is 6.88. The number of hydrogen-bond acceptors (Lipinski definition) is 3. The number of halogens is 1. The number of carbonyl (C=O) groups is 1. The van der Waals surface area contributed by atoms with E-state index in [0.29, 0.717) is 18.9 Å². The lowest BCUT2D eigenvalue weighted by molar-refractivity contribution is -0.130. The van der Waals surface area contributed by atoms with Crippen molar-refractivity contribution >= 4 is 35.8 Å². The molecular weight excluding hydrogens is 503 g/mol. The van der Waals surface area contributed by atoms with Gasteiger partial charge in [0.2, 0.25) is 5.91 Å². The molecule has 1 saturated heterocycles. The molecule has 1 amide bonds. The molecule has 1 fully saturated rings. The van der Waals surface area contributed by atoms with E-state index in [-0.39, 0.29) is 24.0 Å². The van der Waals surface area contributed by atoms with Crippen molar-refractivity contribution in [3.8, 4) is 0 Å². The van der Waals surface area contributed by atoms with Crippen molar-refractivity contribution < 1.29 is 4.79 Å². The summed E-state index contributed by atoms with van der Waals surface area (Å²) in [5, 5.41) is 6.69. The Hall–Kier alpha value is -2.10. The molecule has 2 heterocycles. The summed E-state index contributed by atoms with van der Waals surface area (Å²) in [6.07, 6.45) is 10.6. The first-order valence-electron chi connectivity index (χ1n) is 11.1. The molecule has 31 heavy (non-hydrogen) atoms. The van der Waals surface area contributed by atoms with Gasteiger partial charge in [0, 0.05) is 51.5 Å². The van der Waals surface area contributed by atoms with Crippen LogP contribution in [0.25, 0.3) is 0 Å². The maximum absolute atomic E-state index is 12.1. The van der Waals surface area contributed by atoms with Gasteiger partial charge in [-0.25, -0.2) is 9.98 Å². The number of amides is 1. The Morgan fingerprint density at radius 1 is 1.13 bits per heavy atom. The molecule has 0 atom stereocenters. The Morgan fingerprint density at radius 2 is 1.94 bits per heavy atom. The SMILES string of the molecule is CCNC(=NCc1ccc(Cn2ccnc2)cc1)NCCCN1CCCCCC1=O.I. The van der Waals surface area contributed by atoms with Crippen LogP contribution in [0.4, 0.5) is 0 Å². The second kappa shape index (κ2) is 14.1. The summed E-state index contributed by atoms with van der Waals surface area (Å²) in [5.74, 6) is 1.13. The number of aliphatic imine (C=N–C) groups is 1. The van der Waals surface area contributed by atoms with Gasteiger partial charge in [-0.15, -0.1) is 24.0 Å². The molecule has 7 nitrogen and oxygen atoms in total. The van der Waals surface area contributed by atoms with Crippen molar-refractivity contribution in [3.05, 3.63) is 54.1 Å². The minimum absolute atomic E-state index is 0. The first kappa shape index (κ1) is 25.2. The summed E-state index contributed by atoms with van der Waals surface area (Å²) in [7, 11) is 0. The van der Waals surface area contributed by atoms with Crippen LogP contribution in [0.1, 0.15) is 50.2 Å². The number of nitrogens with one attached hydrogen (secondary N) is 2. The molecule has 0 radical (unpaired) electrons. The smallest absolute Gasteiger partial charge is 0.222 e. The third kappa shape index (κ3) is 8.88. The zero-order valence-corrected chi connectivity index (χ0v) is 20.8. The summed E-state index contributed by atoms with van der Waals surface area (Å²) >= 11 is 0. The highest BCUT2D eigenvalue weighted by molar-refractivity contribution is 14.0. The van der Waals surface area contributed by atoms with Crippen molar-refractivity contribution in [2.45, 2.75) is 52.1 Å². The molecule has 1 aromatic heterocycles. The third-order valence-electron chi connectivity index (χ3n) is 5.28. The number of imidazole rings is 1. The van der Waals surface area contributed by atoms with Crippen LogP contribution in [-0.4, -0.2) is 52.5 Å². The molecule has 1 aliphatic heterocycles. The summed E-state index contributed by atoms with van der Waals surface area (Å²) < 4.78 is 2.06. The lowest BCUT2D eigenvalue weighted by Crippen LogP contribution is -2.39. The number of nitrogens with zero attached hydrogens (tertiary/aromatic N) is 4. The van der Waals surface area contributed by atoms with E-state index in [1.54, 1.807) is 6.20 Å². The molecule has 170 valence electrons. The van der Waals surface area contributed by atoms with Crippen LogP contribution < -0.4 is 10.6 Å². The predicted octanol–water partition coefficient (Wildman–Crippen LogP) is 3.40. The van der Waals surface area contributed by atoms with E-state index in [9.17, 15) is 4.79 Å². The minimum atomic E-state index is 0. The monoisotopic (exact) mass is 538 g/mol. The van der Waals surface area contributed by atoms with E-state index in [0.717, 1.165) is 57.9 Å². The van der Waals surface area contributed by atoms with Gasteiger partial charge >= 0.3 is 0 Å². The molecule has 0 bridgehead atoms. The quantitative estimate of drug-likeness (QED) is 0.222. The van der Waals surface area contributed by atoms with Gasteiger partial charge in [0.05, 0.1) is 12.9 Å². The van der Waals surface area contributed by atoms with Gasteiger partial charge in [-0.3, -0.25) is 4.79 Å². The normalized spacial score (nSPS) is 14.7. The highest BCUT2D eigenvalue weighted by atomic mass is 127. The fraction of sp³-hybridized carbons (Fsp3) is 0.522. The molecule has 0 spiro atoms. The average Bonchev–Trinajstić information content (AvgIpc) is 3.18. The van der Waals surface area contributed by atoms with Gasteiger partial charge in [0.25, 0.3) is 0 Å². The molecular formula is C23H35IN6O. The molecule has 0 unspecified atom stereocenters. The second-order valence-electron chi connectivity index (χ2n) is 7.72. The zero-order chi connectivity index (χ0) is 21.0. The third-order valence-corrected chi connectivity index (χ3v) is 5.28. The molecule has 1 aliphatic rings. The number of hydrogen-bond donors (Lipinski definition) is 2. The Balaban J connectivity index is 0.00000341. The first-order chi connectivity index (χ1) is 14.7. The van der Waals surface area contributed by atoms with Crippen LogP contribution in [0.15, 0.2) is 48.0 Å². The Morgan fingerprint density at radius 3 is 2.68 bits per heavy atom. The Bertz CT molecular complexity index is 791. The van der Waals surface area contributed by atoms with Gasteiger partial charge in [0.15, 0.2) is 5.96 Å². The Labute approximate surface area is 202 Å². The van der Waals surface area contributed by atoms with Gasteiger partial charge in [-0.2, -0.15) is 0 Å². The van der Waals surface area contributed by atoms with E-state index in [1.807, 2.05) is 17.4 Å². The molecule has 1 aromatic carbocycles. The van der Waals surface area contributed by atoms with Gasteiger partial charge in [-0.05, 0) is 37.3 Å². The number of likely N-dealkylation sites (tertiary alicyclic amines) is 1. The fourth-order valence-corrected chi connectivity index (χ4v) is 3.60. The average molecular weight is 538 g/mol. The van der Waals surface area contributed by atoms with Crippen LogP contribution >= 0.6 is 24.0 Å². The van der Waals surface area contributed by atoms with E-state index >= 15 is 0 Å². The van der Waals surface area contributed by atoms with Crippen LogP contribution in [-0.2, 0) is 17.9 Å². The van der Waals surface area contributed by atoms with Crippen LogP contribution in [0, 0.1) is 0 Å². The van der Waals surface area contributed by atoms with Crippen molar-refractivity contribution in [2.75, 3.05) is 26.2 Å². The molecule has 2 N–H and O–H groups in total. The number of rotatable bonds is 9. The topological polar surface area (TPSA) is 74.6 Å². The van der Waals surface area contributed by atoms with Gasteiger partial charge in [0.1, 0.15) is 0 Å². The van der Waals surface area contributed by atoms with Gasteiger partial charge in [-0.1, -0.05) is 30.7 Å². The van der Waals surface area contributed by atoms with Crippen molar-refractivity contribution in [2.24, 2.45) is 4.99 Å². The zero-order valence-electron chi connectivity index (χ0n) is 18.4. The summed E-state index contributed by atoms with van der Waals surface area (Å²) in [4.78, 5) is 22.9. The van der Waals surface area contributed by atoms with Crippen molar-refractivity contribution in [3.63, 3.8) is 0 Å². The Kier molecular flexibility index (Phi) is 11.4. The van der Waals surface area contributed by atoms with E-state index < -0.39 is 0 Å². The van der Waals surface area contributed by atoms with Crippen LogP contribution in [0.5, 0.6) is 0 Å². The van der Waals surface area contributed by atoms with E-state index in [2.05, 4.69) is 51.4 Å².